The van der Waals surface area contributed by atoms with Crippen molar-refractivity contribution in [2.45, 2.75) is 26.2 Å². The summed E-state index contributed by atoms with van der Waals surface area (Å²) in [5.74, 6) is -0.477. The van der Waals surface area contributed by atoms with Gasteiger partial charge >= 0.3 is 11.8 Å². The number of rotatable bonds is 2. The first-order valence-electron chi connectivity index (χ1n) is 5.86. The second kappa shape index (κ2) is 6.54. The zero-order valence-electron chi connectivity index (χ0n) is 10.1. The van der Waals surface area contributed by atoms with E-state index in [-0.39, 0.29) is 11.5 Å². The van der Waals surface area contributed by atoms with Gasteiger partial charge in [0.25, 0.3) is 0 Å². The fourth-order valence-corrected chi connectivity index (χ4v) is 1.92. The minimum Gasteiger partial charge on any atom is -0.392 e. The highest BCUT2D eigenvalue weighted by Gasteiger charge is 2.23. The van der Waals surface area contributed by atoms with Gasteiger partial charge in [0.15, 0.2) is 0 Å². The average molecular weight is 257 g/mol. The van der Waals surface area contributed by atoms with Crippen LogP contribution in [0.1, 0.15) is 26.2 Å². The quantitative estimate of drug-likeness (QED) is 0.541. The number of likely N-dealkylation sites (tertiary alicyclic amines) is 1. The first kappa shape index (κ1) is 13.9. The molecule has 1 saturated heterocycles. The SMILES string of the molecule is CC1CCCN(C(=O)C(=O)NCC(N)=S)CC1. The van der Waals surface area contributed by atoms with Crippen LogP contribution in [-0.4, -0.2) is 41.3 Å². The Kier molecular flexibility index (Phi) is 5.34. The molecule has 0 aromatic rings. The Hall–Kier alpha value is -1.17. The topological polar surface area (TPSA) is 75.4 Å². The third kappa shape index (κ3) is 4.68. The Labute approximate surface area is 107 Å². The van der Waals surface area contributed by atoms with Gasteiger partial charge in [-0.05, 0) is 25.2 Å². The first-order chi connectivity index (χ1) is 8.00. The summed E-state index contributed by atoms with van der Waals surface area (Å²) in [6, 6.07) is 0. The lowest BCUT2D eigenvalue weighted by Gasteiger charge is -2.19. The Morgan fingerprint density at radius 2 is 2.12 bits per heavy atom. The molecule has 2 amide bonds. The van der Waals surface area contributed by atoms with Crippen molar-refractivity contribution in [3.05, 3.63) is 0 Å². The van der Waals surface area contributed by atoms with Gasteiger partial charge < -0.3 is 16.0 Å². The van der Waals surface area contributed by atoms with Crippen molar-refractivity contribution in [3.8, 4) is 0 Å². The van der Waals surface area contributed by atoms with Crippen LogP contribution in [0.25, 0.3) is 0 Å². The Morgan fingerprint density at radius 3 is 2.76 bits per heavy atom. The van der Waals surface area contributed by atoms with Crippen molar-refractivity contribution in [3.63, 3.8) is 0 Å². The summed E-state index contributed by atoms with van der Waals surface area (Å²) in [4.78, 5) is 25.1. The van der Waals surface area contributed by atoms with Crippen molar-refractivity contribution >= 4 is 29.0 Å². The number of nitrogens with one attached hydrogen (secondary N) is 1. The molecular formula is C11H19N3O2S. The molecule has 6 heteroatoms. The molecule has 5 nitrogen and oxygen atoms in total. The maximum Gasteiger partial charge on any atom is 0.311 e. The highest BCUT2D eigenvalue weighted by Crippen LogP contribution is 2.16. The number of hydrogen-bond acceptors (Lipinski definition) is 3. The monoisotopic (exact) mass is 257 g/mol. The number of amides is 2. The predicted molar refractivity (Wildman–Crippen MR) is 69.4 cm³/mol. The summed E-state index contributed by atoms with van der Waals surface area (Å²) >= 11 is 4.63. The highest BCUT2D eigenvalue weighted by molar-refractivity contribution is 7.80. The molecule has 1 fully saturated rings. The van der Waals surface area contributed by atoms with Crippen LogP contribution in [-0.2, 0) is 9.59 Å². The largest absolute Gasteiger partial charge is 0.392 e. The van der Waals surface area contributed by atoms with E-state index in [1.807, 2.05) is 0 Å². The maximum absolute atomic E-state index is 11.8. The van der Waals surface area contributed by atoms with Crippen LogP contribution in [0.4, 0.5) is 0 Å². The fourth-order valence-electron chi connectivity index (χ4n) is 1.85. The summed E-state index contributed by atoms with van der Waals surface area (Å²) in [6.07, 6.45) is 3.02. The van der Waals surface area contributed by atoms with Crippen LogP contribution in [0.2, 0.25) is 0 Å². The van der Waals surface area contributed by atoms with Gasteiger partial charge in [0.1, 0.15) is 0 Å². The van der Waals surface area contributed by atoms with E-state index < -0.39 is 11.8 Å². The lowest BCUT2D eigenvalue weighted by atomic mass is 10.0. The van der Waals surface area contributed by atoms with Crippen LogP contribution in [0.5, 0.6) is 0 Å². The molecule has 1 rings (SSSR count). The van der Waals surface area contributed by atoms with Crippen LogP contribution in [0, 0.1) is 5.92 Å². The molecule has 1 aliphatic heterocycles. The third-order valence-electron chi connectivity index (χ3n) is 2.92. The second-order valence-corrected chi connectivity index (χ2v) is 5.00. The molecule has 1 heterocycles. The van der Waals surface area contributed by atoms with E-state index in [4.69, 9.17) is 5.73 Å². The smallest absolute Gasteiger partial charge is 0.311 e. The summed E-state index contributed by atoms with van der Waals surface area (Å²) in [5, 5.41) is 2.41. The Morgan fingerprint density at radius 1 is 1.41 bits per heavy atom. The standard InChI is InChI=1S/C11H19N3O2S/c1-8-3-2-5-14(6-4-8)11(16)10(15)13-7-9(12)17/h8H,2-7H2,1H3,(H2,12,17)(H,13,15). The van der Waals surface area contributed by atoms with E-state index in [9.17, 15) is 9.59 Å². The lowest BCUT2D eigenvalue weighted by molar-refractivity contribution is -0.145. The van der Waals surface area contributed by atoms with E-state index in [1.165, 1.54) is 0 Å². The van der Waals surface area contributed by atoms with Gasteiger partial charge in [-0.25, -0.2) is 0 Å². The Balaban J connectivity index is 2.45. The van der Waals surface area contributed by atoms with Crippen molar-refractivity contribution < 1.29 is 9.59 Å². The molecular weight excluding hydrogens is 238 g/mol. The summed E-state index contributed by atoms with van der Waals surface area (Å²) < 4.78 is 0. The minimum absolute atomic E-state index is 0.0736. The van der Waals surface area contributed by atoms with Gasteiger partial charge in [-0.2, -0.15) is 0 Å². The Bertz CT molecular complexity index is 320. The van der Waals surface area contributed by atoms with Crippen LogP contribution < -0.4 is 11.1 Å². The van der Waals surface area contributed by atoms with Crippen molar-refractivity contribution in [1.29, 1.82) is 0 Å². The minimum atomic E-state index is -0.618. The van der Waals surface area contributed by atoms with Gasteiger partial charge in [0, 0.05) is 13.1 Å². The van der Waals surface area contributed by atoms with Gasteiger partial charge in [-0.1, -0.05) is 19.1 Å². The van der Waals surface area contributed by atoms with E-state index in [0.29, 0.717) is 19.0 Å². The highest BCUT2D eigenvalue weighted by atomic mass is 32.1. The predicted octanol–water partition coefficient (Wildman–Crippen LogP) is 0.0373. The molecule has 0 aliphatic carbocycles. The number of nitrogens with two attached hydrogens (primary N) is 1. The zero-order valence-corrected chi connectivity index (χ0v) is 10.9. The summed E-state index contributed by atoms with van der Waals surface area (Å²) in [5.41, 5.74) is 5.25. The maximum atomic E-state index is 11.8. The third-order valence-corrected chi connectivity index (χ3v) is 3.07. The molecule has 0 aromatic carbocycles. The van der Waals surface area contributed by atoms with Crippen LogP contribution in [0.3, 0.4) is 0 Å². The van der Waals surface area contributed by atoms with E-state index in [1.54, 1.807) is 4.90 Å². The summed E-state index contributed by atoms with van der Waals surface area (Å²) in [7, 11) is 0. The molecule has 17 heavy (non-hydrogen) atoms. The molecule has 1 unspecified atom stereocenters. The molecule has 0 aromatic heterocycles. The van der Waals surface area contributed by atoms with Crippen LogP contribution >= 0.6 is 12.2 Å². The molecule has 1 atom stereocenters. The van der Waals surface area contributed by atoms with Gasteiger partial charge in [-0.3, -0.25) is 9.59 Å². The molecule has 0 saturated carbocycles. The van der Waals surface area contributed by atoms with Crippen LogP contribution in [0.15, 0.2) is 0 Å². The van der Waals surface area contributed by atoms with Gasteiger partial charge in [-0.15, -0.1) is 0 Å². The number of thiocarbonyl (C=S) groups is 1. The van der Waals surface area contributed by atoms with Crippen molar-refractivity contribution in [2.24, 2.45) is 11.7 Å². The van der Waals surface area contributed by atoms with Gasteiger partial charge in [0.2, 0.25) is 0 Å². The number of hydrogen-bond donors (Lipinski definition) is 2. The lowest BCUT2D eigenvalue weighted by Crippen LogP contribution is -2.45. The zero-order chi connectivity index (χ0) is 12.8. The number of nitrogens with zero attached hydrogens (tertiary/aromatic N) is 1. The number of carbonyl (C=O) groups excluding carboxylic acids is 2. The normalized spacial score (nSPS) is 20.5. The second-order valence-electron chi connectivity index (χ2n) is 4.48. The average Bonchev–Trinajstić information content (AvgIpc) is 2.49. The molecule has 0 spiro atoms. The van der Waals surface area contributed by atoms with Crippen molar-refractivity contribution in [2.75, 3.05) is 19.6 Å². The van der Waals surface area contributed by atoms with E-state index in [0.717, 1.165) is 19.3 Å². The molecule has 0 bridgehead atoms. The first-order valence-corrected chi connectivity index (χ1v) is 6.27. The van der Waals surface area contributed by atoms with E-state index in [2.05, 4.69) is 24.5 Å². The van der Waals surface area contributed by atoms with E-state index >= 15 is 0 Å². The number of carbonyl (C=O) groups is 2. The fraction of sp³-hybridized carbons (Fsp3) is 0.727. The molecule has 1 aliphatic rings. The van der Waals surface area contributed by atoms with Gasteiger partial charge in [0.05, 0.1) is 11.5 Å². The molecule has 96 valence electrons. The molecule has 0 radical (unpaired) electrons. The molecule has 3 N–H and O–H groups in total. The summed E-state index contributed by atoms with van der Waals surface area (Å²) in [6.45, 7) is 3.55. The van der Waals surface area contributed by atoms with Crippen molar-refractivity contribution in [1.82, 2.24) is 10.2 Å².